The van der Waals surface area contributed by atoms with Crippen molar-refractivity contribution in [1.82, 2.24) is 0 Å². The topological polar surface area (TPSA) is 71.1 Å². The summed E-state index contributed by atoms with van der Waals surface area (Å²) >= 11 is 6.37. The van der Waals surface area contributed by atoms with Gasteiger partial charge in [0, 0.05) is 4.47 Å². The Bertz CT molecular complexity index is 1330. The van der Waals surface area contributed by atoms with Crippen molar-refractivity contribution in [1.29, 1.82) is 0 Å². The lowest BCUT2D eigenvalue weighted by atomic mass is 9.97. The normalized spacial score (nSPS) is 20.1. The van der Waals surface area contributed by atoms with Gasteiger partial charge in [0.1, 0.15) is 28.2 Å². The lowest BCUT2D eigenvalue weighted by Gasteiger charge is -2.22. The summed E-state index contributed by atoms with van der Waals surface area (Å²) in [5.74, 6) is -1.14. The SMILES string of the molecule is CC(C)(C)OC(=O)CBr.CC(C)(C)OC(=O)Cc1cc(F)ccc1C1CCC(C)(C)O1.CC1(C)CCC(c2ccc(F)cc2Br)O1. The van der Waals surface area contributed by atoms with Crippen LogP contribution in [0.4, 0.5) is 8.78 Å². The monoisotopic (exact) mass is 774 g/mol. The number of alkyl halides is 1. The van der Waals surface area contributed by atoms with Gasteiger partial charge in [-0.1, -0.05) is 44.0 Å². The fourth-order valence-corrected chi connectivity index (χ4v) is 5.83. The molecule has 2 fully saturated rings. The molecule has 0 spiro atoms. The summed E-state index contributed by atoms with van der Waals surface area (Å²) in [6, 6.07) is 9.32. The average molecular weight is 777 g/mol. The lowest BCUT2D eigenvalue weighted by Crippen LogP contribution is -2.25. The van der Waals surface area contributed by atoms with Crippen LogP contribution in [0.15, 0.2) is 40.9 Å². The van der Waals surface area contributed by atoms with Crippen LogP contribution in [0.2, 0.25) is 0 Å². The van der Waals surface area contributed by atoms with E-state index in [4.69, 9.17) is 18.9 Å². The summed E-state index contributed by atoms with van der Waals surface area (Å²) in [7, 11) is 0. The molecular formula is C36H50Br2F2O6. The fraction of sp³-hybridized carbons (Fsp3) is 0.611. The zero-order valence-corrected chi connectivity index (χ0v) is 32.0. The molecule has 2 unspecified atom stereocenters. The van der Waals surface area contributed by atoms with Crippen molar-refractivity contribution in [2.45, 2.75) is 136 Å². The van der Waals surface area contributed by atoms with Gasteiger partial charge in [-0.15, -0.1) is 0 Å². The molecule has 2 aliphatic heterocycles. The van der Waals surface area contributed by atoms with Crippen molar-refractivity contribution in [3.05, 3.63) is 69.2 Å². The predicted molar refractivity (Wildman–Crippen MR) is 184 cm³/mol. The highest BCUT2D eigenvalue weighted by atomic mass is 79.9. The fourth-order valence-electron chi connectivity index (χ4n) is 5.11. The molecule has 0 aromatic heterocycles. The number of esters is 2. The molecule has 4 rings (SSSR count). The number of hydrogen-bond donors (Lipinski definition) is 0. The molecule has 0 N–H and O–H groups in total. The number of halogens is 4. The minimum Gasteiger partial charge on any atom is -0.460 e. The van der Waals surface area contributed by atoms with Gasteiger partial charge in [-0.05, 0) is 136 Å². The lowest BCUT2D eigenvalue weighted by molar-refractivity contribution is -0.154. The highest BCUT2D eigenvalue weighted by Crippen LogP contribution is 2.42. The summed E-state index contributed by atoms with van der Waals surface area (Å²) in [5.41, 5.74) is 1.44. The number of carbonyl (C=O) groups is 2. The van der Waals surface area contributed by atoms with E-state index in [0.29, 0.717) is 5.56 Å². The van der Waals surface area contributed by atoms with Crippen LogP contribution in [0.1, 0.15) is 124 Å². The zero-order valence-electron chi connectivity index (χ0n) is 28.8. The largest absolute Gasteiger partial charge is 0.460 e. The molecule has 0 radical (unpaired) electrons. The Labute approximate surface area is 290 Å². The quantitative estimate of drug-likeness (QED) is 0.223. The number of carbonyl (C=O) groups excluding carboxylic acids is 2. The van der Waals surface area contributed by atoms with E-state index in [0.717, 1.165) is 41.3 Å². The first-order valence-corrected chi connectivity index (χ1v) is 17.5. The van der Waals surface area contributed by atoms with Crippen LogP contribution < -0.4 is 0 Å². The first-order chi connectivity index (χ1) is 21.0. The van der Waals surface area contributed by atoms with Gasteiger partial charge in [0.05, 0.1) is 29.8 Å². The summed E-state index contributed by atoms with van der Waals surface area (Å²) in [6.45, 7) is 19.2. The molecule has 2 heterocycles. The third-order valence-electron chi connectivity index (χ3n) is 6.98. The second-order valence-electron chi connectivity index (χ2n) is 14.8. The van der Waals surface area contributed by atoms with E-state index in [1.165, 1.54) is 24.3 Å². The second-order valence-corrected chi connectivity index (χ2v) is 16.2. The second kappa shape index (κ2) is 16.5. The Morgan fingerprint density at radius 1 is 0.783 bits per heavy atom. The van der Waals surface area contributed by atoms with Gasteiger partial charge in [0.25, 0.3) is 0 Å². The Balaban J connectivity index is 0.000000265. The Hall–Kier alpha value is -1.88. The van der Waals surface area contributed by atoms with Crippen LogP contribution in [0.25, 0.3) is 0 Å². The van der Waals surface area contributed by atoms with Gasteiger partial charge >= 0.3 is 11.9 Å². The third-order valence-corrected chi connectivity index (χ3v) is 8.13. The van der Waals surface area contributed by atoms with E-state index in [1.54, 1.807) is 12.1 Å². The molecule has 10 heteroatoms. The zero-order chi connectivity index (χ0) is 35.1. The Kier molecular flexibility index (Phi) is 14.4. The number of ether oxygens (including phenoxy) is 4. The molecule has 0 amide bonds. The highest BCUT2D eigenvalue weighted by Gasteiger charge is 2.35. The van der Waals surface area contributed by atoms with Crippen LogP contribution in [0, 0.1) is 11.6 Å². The van der Waals surface area contributed by atoms with Crippen molar-refractivity contribution in [3.8, 4) is 0 Å². The molecule has 258 valence electrons. The minimum absolute atomic E-state index is 0.0571. The molecule has 0 saturated carbocycles. The molecule has 2 aromatic rings. The molecule has 0 aliphatic carbocycles. The summed E-state index contributed by atoms with van der Waals surface area (Å²) in [6.07, 6.45) is 3.92. The van der Waals surface area contributed by atoms with E-state index < -0.39 is 5.60 Å². The van der Waals surface area contributed by atoms with Gasteiger partial charge in [-0.2, -0.15) is 0 Å². The van der Waals surface area contributed by atoms with E-state index in [-0.39, 0.29) is 64.3 Å². The summed E-state index contributed by atoms with van der Waals surface area (Å²) < 4.78 is 49.5. The number of benzene rings is 2. The van der Waals surface area contributed by atoms with Crippen LogP contribution >= 0.6 is 31.9 Å². The molecule has 6 nitrogen and oxygen atoms in total. The molecule has 0 bridgehead atoms. The Morgan fingerprint density at radius 2 is 1.22 bits per heavy atom. The van der Waals surface area contributed by atoms with Gasteiger partial charge < -0.3 is 18.9 Å². The van der Waals surface area contributed by atoms with Crippen molar-refractivity contribution >= 4 is 43.8 Å². The van der Waals surface area contributed by atoms with Gasteiger partial charge in [-0.3, -0.25) is 9.59 Å². The molecule has 2 aromatic carbocycles. The smallest absolute Gasteiger partial charge is 0.317 e. The van der Waals surface area contributed by atoms with E-state index in [2.05, 4.69) is 45.7 Å². The predicted octanol–water partition coefficient (Wildman–Crippen LogP) is 10.3. The van der Waals surface area contributed by atoms with Gasteiger partial charge in [0.2, 0.25) is 0 Å². The maximum Gasteiger partial charge on any atom is 0.317 e. The van der Waals surface area contributed by atoms with Crippen LogP contribution in [-0.2, 0) is 35.0 Å². The highest BCUT2D eigenvalue weighted by molar-refractivity contribution is 9.10. The van der Waals surface area contributed by atoms with Gasteiger partial charge in [-0.25, -0.2) is 8.78 Å². The number of hydrogen-bond acceptors (Lipinski definition) is 6. The minimum atomic E-state index is -0.545. The first kappa shape index (κ1) is 40.3. The molecule has 46 heavy (non-hydrogen) atoms. The van der Waals surface area contributed by atoms with E-state index in [1.807, 2.05) is 55.4 Å². The molecule has 2 atom stereocenters. The van der Waals surface area contributed by atoms with Crippen molar-refractivity contribution in [2.24, 2.45) is 0 Å². The van der Waals surface area contributed by atoms with E-state index >= 15 is 0 Å². The maximum atomic E-state index is 13.6. The standard InChI is InChI=1S/C18H25FO3.C12H14BrFO.C6H11BrO2/c1-17(2,3)22-16(20)11-12-10-13(19)6-7-14(12)15-8-9-18(4,5)21-15;1-12(2)6-5-11(15-12)9-4-3-8(14)7-10(9)13;1-6(2,3)9-5(8)4-7/h6-7,10,15H,8-9,11H2,1-5H3;3-4,7,11H,5-6H2,1-2H3;4H2,1-3H3. The molecular weight excluding hydrogens is 726 g/mol. The van der Waals surface area contributed by atoms with Crippen LogP contribution in [-0.4, -0.2) is 39.7 Å². The Morgan fingerprint density at radius 3 is 1.61 bits per heavy atom. The molecule has 2 aliphatic rings. The van der Waals surface area contributed by atoms with Crippen molar-refractivity contribution in [3.63, 3.8) is 0 Å². The summed E-state index contributed by atoms with van der Waals surface area (Å²) in [4.78, 5) is 22.6. The third kappa shape index (κ3) is 14.5. The maximum absolute atomic E-state index is 13.6. The van der Waals surface area contributed by atoms with Gasteiger partial charge in [0.15, 0.2) is 0 Å². The van der Waals surface area contributed by atoms with Crippen molar-refractivity contribution < 1.29 is 37.3 Å². The number of rotatable bonds is 5. The van der Waals surface area contributed by atoms with Crippen LogP contribution in [0.5, 0.6) is 0 Å². The van der Waals surface area contributed by atoms with Crippen molar-refractivity contribution in [2.75, 3.05) is 5.33 Å². The first-order valence-electron chi connectivity index (χ1n) is 15.6. The van der Waals surface area contributed by atoms with E-state index in [9.17, 15) is 18.4 Å². The average Bonchev–Trinajstić information content (AvgIpc) is 3.43. The van der Waals surface area contributed by atoms with Crippen LogP contribution in [0.3, 0.4) is 0 Å². The summed E-state index contributed by atoms with van der Waals surface area (Å²) in [5, 5.41) is 0.268. The molecule has 2 saturated heterocycles.